The summed E-state index contributed by atoms with van der Waals surface area (Å²) in [4.78, 5) is 23.3. The number of nitrogens with one attached hydrogen (secondary N) is 1. The van der Waals surface area contributed by atoms with Gasteiger partial charge in [0.25, 0.3) is 0 Å². The second kappa shape index (κ2) is 49.9. The van der Waals surface area contributed by atoms with Crippen LogP contribution < -0.4 is 5.32 Å². The average Bonchev–Trinajstić information content (AvgIpc) is 3.29. The highest BCUT2D eigenvalue weighted by Crippen LogP contribution is 2.43. The number of quaternary nitrogens is 1. The maximum Gasteiger partial charge on any atom is 0.472 e. The van der Waals surface area contributed by atoms with Crippen LogP contribution in [-0.2, 0) is 18.4 Å². The Morgan fingerprint density at radius 1 is 0.507 bits per heavy atom. The highest BCUT2D eigenvalue weighted by molar-refractivity contribution is 7.47. The summed E-state index contributed by atoms with van der Waals surface area (Å²) in [6, 6.07) is -0.762. The molecule has 3 N–H and O–H groups in total. The second-order valence-electron chi connectivity index (χ2n) is 21.4. The zero-order chi connectivity index (χ0) is 49.2. The number of aliphatic hydroxyl groups excluding tert-OH is 1. The van der Waals surface area contributed by atoms with E-state index in [1.54, 1.807) is 0 Å². The highest BCUT2D eigenvalue weighted by atomic mass is 31.2. The van der Waals surface area contributed by atoms with Crippen molar-refractivity contribution in [2.45, 2.75) is 302 Å². The molecule has 0 bridgehead atoms. The fourth-order valence-electron chi connectivity index (χ4n) is 8.84. The fourth-order valence-corrected chi connectivity index (χ4v) is 9.58. The van der Waals surface area contributed by atoms with Gasteiger partial charge in [0.2, 0.25) is 5.91 Å². The van der Waals surface area contributed by atoms with Crippen LogP contribution in [0.2, 0.25) is 0 Å². The Bertz CT molecular complexity index is 1140. The van der Waals surface area contributed by atoms with E-state index < -0.39 is 20.0 Å². The standard InChI is InChI=1S/C58H115N2O6P/c1-6-8-10-12-14-16-18-20-22-24-26-27-28-29-30-31-32-34-35-37-39-41-43-45-47-49-51-57(61)56(55-66-67(63,64)65-54-53-60(3,4)5)59-58(62)52-50-48-46-44-42-40-38-36-33-25-23-21-19-17-15-13-11-9-7-2/h15,17,21,23,56-57,61H,6-14,16,18-20,22,24-55H2,1-5H3,(H-,59,62,63,64)/p+1/b17-15-,23-21-. The summed E-state index contributed by atoms with van der Waals surface area (Å²) >= 11 is 0. The molecule has 0 aromatic rings. The average molecular weight is 969 g/mol. The molecule has 1 amide bonds. The number of carbonyl (C=O) groups excluding carboxylic acids is 1. The minimum Gasteiger partial charge on any atom is -0.391 e. The van der Waals surface area contributed by atoms with Crippen molar-refractivity contribution in [3.63, 3.8) is 0 Å². The Hall–Kier alpha value is -1.02. The quantitative estimate of drug-likeness (QED) is 0.0243. The van der Waals surface area contributed by atoms with Crippen LogP contribution in [0.25, 0.3) is 0 Å². The first kappa shape index (κ1) is 66.0. The Balaban J connectivity index is 4.13. The number of aliphatic hydroxyl groups is 1. The summed E-state index contributed by atoms with van der Waals surface area (Å²) in [6.45, 7) is 4.90. The summed E-state index contributed by atoms with van der Waals surface area (Å²) in [6.07, 6.45) is 62.3. The normalized spacial score (nSPS) is 14.1. The van der Waals surface area contributed by atoms with Gasteiger partial charge < -0.3 is 19.8 Å². The summed E-state index contributed by atoms with van der Waals surface area (Å²) < 4.78 is 23.8. The predicted octanol–water partition coefficient (Wildman–Crippen LogP) is 17.6. The predicted molar refractivity (Wildman–Crippen MR) is 291 cm³/mol. The van der Waals surface area contributed by atoms with Gasteiger partial charge in [-0.3, -0.25) is 13.8 Å². The van der Waals surface area contributed by atoms with Crippen molar-refractivity contribution in [3.8, 4) is 0 Å². The lowest BCUT2D eigenvalue weighted by Crippen LogP contribution is -2.46. The Morgan fingerprint density at radius 3 is 1.25 bits per heavy atom. The van der Waals surface area contributed by atoms with Gasteiger partial charge in [-0.2, -0.15) is 0 Å². The van der Waals surface area contributed by atoms with Crippen LogP contribution in [0.4, 0.5) is 0 Å². The molecule has 0 fully saturated rings. The molecule has 0 spiro atoms. The number of amides is 1. The first-order valence-corrected chi connectivity index (χ1v) is 30.7. The van der Waals surface area contributed by atoms with Crippen LogP contribution in [0.1, 0.15) is 290 Å². The minimum absolute atomic E-state index is 0.0750. The van der Waals surface area contributed by atoms with Crippen molar-refractivity contribution in [1.29, 1.82) is 0 Å². The van der Waals surface area contributed by atoms with Crippen molar-refractivity contribution >= 4 is 13.7 Å². The lowest BCUT2D eigenvalue weighted by Gasteiger charge is -2.26. The molecule has 0 aliphatic carbocycles. The largest absolute Gasteiger partial charge is 0.472 e. The number of nitrogens with zero attached hydrogens (tertiary/aromatic N) is 1. The van der Waals surface area contributed by atoms with Crippen LogP contribution >= 0.6 is 7.82 Å². The molecular formula is C58H116N2O6P+. The number of hydrogen-bond donors (Lipinski definition) is 3. The van der Waals surface area contributed by atoms with E-state index in [4.69, 9.17) is 9.05 Å². The molecule has 0 aromatic carbocycles. The summed E-state index contributed by atoms with van der Waals surface area (Å²) in [7, 11) is 1.62. The first-order valence-electron chi connectivity index (χ1n) is 29.2. The Labute approximate surface area is 417 Å². The third kappa shape index (κ3) is 52.6. The molecule has 8 nitrogen and oxygen atoms in total. The molecular weight excluding hydrogens is 852 g/mol. The van der Waals surface area contributed by atoms with Gasteiger partial charge in [0, 0.05) is 6.42 Å². The molecule has 3 unspecified atom stereocenters. The summed E-state index contributed by atoms with van der Waals surface area (Å²) in [5.74, 6) is -0.145. The van der Waals surface area contributed by atoms with Gasteiger partial charge in [-0.1, -0.05) is 263 Å². The highest BCUT2D eigenvalue weighted by Gasteiger charge is 2.28. The van der Waals surface area contributed by atoms with Crippen molar-refractivity contribution in [1.82, 2.24) is 5.32 Å². The van der Waals surface area contributed by atoms with Crippen LogP contribution in [-0.4, -0.2) is 73.4 Å². The van der Waals surface area contributed by atoms with E-state index in [0.29, 0.717) is 23.9 Å². The van der Waals surface area contributed by atoms with Gasteiger partial charge in [0.1, 0.15) is 13.2 Å². The lowest BCUT2D eigenvalue weighted by molar-refractivity contribution is -0.870. The van der Waals surface area contributed by atoms with Crippen LogP contribution in [0.15, 0.2) is 24.3 Å². The van der Waals surface area contributed by atoms with E-state index >= 15 is 0 Å². The zero-order valence-electron chi connectivity index (χ0n) is 45.4. The molecule has 0 heterocycles. The van der Waals surface area contributed by atoms with E-state index in [1.165, 1.54) is 218 Å². The van der Waals surface area contributed by atoms with Gasteiger partial charge in [-0.15, -0.1) is 0 Å². The van der Waals surface area contributed by atoms with Crippen molar-refractivity contribution in [2.24, 2.45) is 0 Å². The number of unbranched alkanes of at least 4 members (excludes halogenated alkanes) is 37. The summed E-state index contributed by atoms with van der Waals surface area (Å²) in [5, 5.41) is 14.1. The second-order valence-corrected chi connectivity index (χ2v) is 22.8. The topological polar surface area (TPSA) is 105 Å². The Kier molecular flexibility index (Phi) is 49.2. The number of allylic oxidation sites excluding steroid dienone is 4. The third-order valence-corrected chi connectivity index (χ3v) is 14.4. The number of phosphoric ester groups is 1. The van der Waals surface area contributed by atoms with E-state index in [-0.39, 0.29) is 19.1 Å². The first-order chi connectivity index (χ1) is 32.5. The van der Waals surface area contributed by atoms with Gasteiger partial charge in [0.05, 0.1) is 39.9 Å². The molecule has 0 aliphatic heterocycles. The maximum absolute atomic E-state index is 13.0. The van der Waals surface area contributed by atoms with Crippen LogP contribution in [0.3, 0.4) is 0 Å². The van der Waals surface area contributed by atoms with E-state index in [9.17, 15) is 19.4 Å². The molecule has 0 aliphatic rings. The zero-order valence-corrected chi connectivity index (χ0v) is 46.3. The molecule has 0 radical (unpaired) electrons. The van der Waals surface area contributed by atoms with Gasteiger partial charge in [-0.25, -0.2) is 4.57 Å². The van der Waals surface area contributed by atoms with Crippen molar-refractivity contribution in [3.05, 3.63) is 24.3 Å². The number of rotatable bonds is 54. The molecule has 0 saturated heterocycles. The van der Waals surface area contributed by atoms with Gasteiger partial charge in [0.15, 0.2) is 0 Å². The van der Waals surface area contributed by atoms with Crippen molar-refractivity contribution in [2.75, 3.05) is 40.9 Å². The number of hydrogen-bond acceptors (Lipinski definition) is 5. The molecule has 3 atom stereocenters. The monoisotopic (exact) mass is 968 g/mol. The molecule has 9 heteroatoms. The fraction of sp³-hybridized carbons (Fsp3) is 0.914. The molecule has 67 heavy (non-hydrogen) atoms. The summed E-state index contributed by atoms with van der Waals surface area (Å²) in [5.41, 5.74) is 0. The SMILES string of the molecule is CCCCC/C=C\C/C=C\CCCCCCCCCCCC(=O)NC(COP(=O)(O)OCC[N+](C)(C)C)C(O)CCCCCCCCCCCCCCCCCCCCCCCCCCCC. The van der Waals surface area contributed by atoms with Crippen LogP contribution in [0.5, 0.6) is 0 Å². The number of phosphoric acid groups is 1. The van der Waals surface area contributed by atoms with E-state index in [0.717, 1.165) is 44.9 Å². The molecule has 0 aromatic heterocycles. The van der Waals surface area contributed by atoms with Crippen molar-refractivity contribution < 1.29 is 32.9 Å². The number of likely N-dealkylation sites (N-methyl/N-ethyl adjacent to an activating group) is 1. The van der Waals surface area contributed by atoms with E-state index in [1.807, 2.05) is 21.1 Å². The van der Waals surface area contributed by atoms with Gasteiger partial charge >= 0.3 is 7.82 Å². The maximum atomic E-state index is 13.0. The molecule has 0 rings (SSSR count). The Morgan fingerprint density at radius 2 is 0.851 bits per heavy atom. The third-order valence-electron chi connectivity index (χ3n) is 13.5. The number of carbonyl (C=O) groups is 1. The smallest absolute Gasteiger partial charge is 0.391 e. The molecule has 0 saturated carbocycles. The molecule has 398 valence electrons. The van der Waals surface area contributed by atoms with Crippen LogP contribution in [0, 0.1) is 0 Å². The lowest BCUT2D eigenvalue weighted by atomic mass is 10.0. The van der Waals surface area contributed by atoms with Gasteiger partial charge in [-0.05, 0) is 44.9 Å². The van der Waals surface area contributed by atoms with E-state index in [2.05, 4.69) is 43.5 Å². The minimum atomic E-state index is -4.32.